The van der Waals surface area contributed by atoms with Gasteiger partial charge in [0.15, 0.2) is 0 Å². The highest BCUT2D eigenvalue weighted by Crippen LogP contribution is 2.21. The Morgan fingerprint density at radius 3 is 2.71 bits per heavy atom. The second-order valence-corrected chi connectivity index (χ2v) is 6.47. The number of nitrogens with one attached hydrogen (secondary N) is 2. The summed E-state index contributed by atoms with van der Waals surface area (Å²) in [5.74, 6) is -0.857. The zero-order chi connectivity index (χ0) is 17.5. The Morgan fingerprint density at radius 1 is 1.29 bits per heavy atom. The third-order valence-corrected chi connectivity index (χ3v) is 4.17. The third-order valence-electron chi connectivity index (χ3n) is 3.94. The van der Waals surface area contributed by atoms with Crippen molar-refractivity contribution in [2.75, 3.05) is 0 Å². The molecule has 0 aliphatic heterocycles. The summed E-state index contributed by atoms with van der Waals surface area (Å²) in [6.07, 6.45) is 5.70. The van der Waals surface area contributed by atoms with Gasteiger partial charge in [0.2, 0.25) is 5.91 Å². The maximum Gasteiger partial charge on any atom is 0.275 e. The van der Waals surface area contributed by atoms with E-state index >= 15 is 0 Å². The van der Waals surface area contributed by atoms with Gasteiger partial charge in [-0.1, -0.05) is 30.9 Å². The van der Waals surface area contributed by atoms with Gasteiger partial charge < -0.3 is 10.4 Å². The fraction of sp³-hybridized carbons (Fsp3) is 0.471. The molecular weight excluding hydrogens is 330 g/mol. The van der Waals surface area contributed by atoms with E-state index in [2.05, 4.69) is 15.8 Å². The van der Waals surface area contributed by atoms with Crippen LogP contribution in [0.3, 0.4) is 0 Å². The van der Waals surface area contributed by atoms with Gasteiger partial charge in [-0.2, -0.15) is 5.10 Å². The number of nitrogens with zero attached hydrogens (tertiary/aromatic N) is 1. The maximum atomic E-state index is 12.0. The van der Waals surface area contributed by atoms with Gasteiger partial charge in [0.05, 0.1) is 12.0 Å². The zero-order valence-corrected chi connectivity index (χ0v) is 14.4. The third kappa shape index (κ3) is 5.53. The van der Waals surface area contributed by atoms with Crippen molar-refractivity contribution >= 4 is 29.1 Å². The smallest absolute Gasteiger partial charge is 0.275 e. The average molecular weight is 352 g/mol. The summed E-state index contributed by atoms with van der Waals surface area (Å²) in [7, 11) is 0. The van der Waals surface area contributed by atoms with Crippen LogP contribution in [-0.2, 0) is 4.79 Å². The number of aromatic hydroxyl groups is 1. The van der Waals surface area contributed by atoms with Crippen molar-refractivity contribution in [2.24, 2.45) is 5.10 Å². The summed E-state index contributed by atoms with van der Waals surface area (Å²) in [4.78, 5) is 24.0. The summed E-state index contributed by atoms with van der Waals surface area (Å²) in [5, 5.41) is 16.9. The van der Waals surface area contributed by atoms with Crippen LogP contribution in [-0.4, -0.2) is 28.7 Å². The van der Waals surface area contributed by atoms with E-state index in [-0.39, 0.29) is 29.7 Å². The quantitative estimate of drug-likeness (QED) is 0.562. The Morgan fingerprint density at radius 2 is 2.00 bits per heavy atom. The molecule has 0 spiro atoms. The Hall–Kier alpha value is -2.08. The molecule has 1 fully saturated rings. The number of hydrogen-bond donors (Lipinski definition) is 3. The standard InChI is InChI=1S/C17H22ClN3O3/c1-11(9-16(23)19-13-5-3-2-4-6-13)20-21-17(24)14-10-12(18)7-8-15(14)22/h7-8,10,13,22H,2-6,9H2,1H3,(H,19,23)(H,21,24)/b20-11+. The van der Waals surface area contributed by atoms with Gasteiger partial charge in [0, 0.05) is 16.8 Å². The number of phenolic OH excluding ortho intramolecular Hbond substituents is 1. The molecule has 1 aliphatic carbocycles. The summed E-state index contributed by atoms with van der Waals surface area (Å²) in [5.41, 5.74) is 2.84. The number of phenols is 1. The lowest BCUT2D eigenvalue weighted by Gasteiger charge is -2.22. The van der Waals surface area contributed by atoms with Gasteiger partial charge >= 0.3 is 0 Å². The van der Waals surface area contributed by atoms with Gasteiger partial charge in [-0.25, -0.2) is 5.43 Å². The molecule has 1 aromatic rings. The van der Waals surface area contributed by atoms with E-state index in [0.29, 0.717) is 10.7 Å². The summed E-state index contributed by atoms with van der Waals surface area (Å²) >= 11 is 5.81. The first-order valence-corrected chi connectivity index (χ1v) is 8.45. The minimum absolute atomic E-state index is 0.0331. The van der Waals surface area contributed by atoms with Gasteiger partial charge in [0.25, 0.3) is 5.91 Å². The van der Waals surface area contributed by atoms with Crippen LogP contribution in [0.25, 0.3) is 0 Å². The van der Waals surface area contributed by atoms with E-state index in [9.17, 15) is 14.7 Å². The number of hydrazone groups is 1. The molecule has 0 unspecified atom stereocenters. The normalized spacial score (nSPS) is 15.8. The number of amides is 2. The lowest BCUT2D eigenvalue weighted by atomic mass is 9.95. The van der Waals surface area contributed by atoms with Crippen molar-refractivity contribution in [3.63, 3.8) is 0 Å². The van der Waals surface area contributed by atoms with E-state index < -0.39 is 5.91 Å². The van der Waals surface area contributed by atoms with Gasteiger partial charge in [-0.05, 0) is 38.0 Å². The molecule has 1 saturated carbocycles. The second kappa shape index (κ2) is 8.68. The van der Waals surface area contributed by atoms with Crippen LogP contribution in [0.4, 0.5) is 0 Å². The summed E-state index contributed by atoms with van der Waals surface area (Å²) < 4.78 is 0. The van der Waals surface area contributed by atoms with Crippen molar-refractivity contribution < 1.29 is 14.7 Å². The number of benzene rings is 1. The molecule has 0 bridgehead atoms. The first kappa shape index (κ1) is 18.3. The van der Waals surface area contributed by atoms with Crippen LogP contribution in [0.15, 0.2) is 23.3 Å². The highest BCUT2D eigenvalue weighted by molar-refractivity contribution is 6.31. The van der Waals surface area contributed by atoms with Crippen LogP contribution in [0.5, 0.6) is 5.75 Å². The molecule has 2 rings (SSSR count). The fourth-order valence-electron chi connectivity index (χ4n) is 2.69. The van der Waals surface area contributed by atoms with Crippen molar-refractivity contribution in [3.05, 3.63) is 28.8 Å². The zero-order valence-electron chi connectivity index (χ0n) is 13.6. The topological polar surface area (TPSA) is 90.8 Å². The largest absolute Gasteiger partial charge is 0.507 e. The van der Waals surface area contributed by atoms with Crippen molar-refractivity contribution in [1.29, 1.82) is 0 Å². The number of halogens is 1. The minimum Gasteiger partial charge on any atom is -0.507 e. The Bertz CT molecular complexity index is 640. The molecular formula is C17H22ClN3O3. The molecule has 1 aliphatic rings. The number of carbonyl (C=O) groups is 2. The second-order valence-electron chi connectivity index (χ2n) is 6.03. The Labute approximate surface area is 146 Å². The maximum absolute atomic E-state index is 12.0. The van der Waals surface area contributed by atoms with Gasteiger partial charge in [-0.15, -0.1) is 0 Å². The van der Waals surface area contributed by atoms with Crippen molar-refractivity contribution in [2.45, 2.75) is 51.5 Å². The van der Waals surface area contributed by atoms with Gasteiger partial charge in [0.1, 0.15) is 5.75 Å². The Kier molecular flexibility index (Phi) is 6.61. The van der Waals surface area contributed by atoms with E-state index in [1.807, 2.05) is 0 Å². The van der Waals surface area contributed by atoms with E-state index in [1.54, 1.807) is 6.92 Å². The highest BCUT2D eigenvalue weighted by Gasteiger charge is 2.16. The number of carbonyl (C=O) groups excluding carboxylic acids is 2. The highest BCUT2D eigenvalue weighted by atomic mass is 35.5. The lowest BCUT2D eigenvalue weighted by Crippen LogP contribution is -2.37. The summed E-state index contributed by atoms with van der Waals surface area (Å²) in [6.45, 7) is 1.67. The van der Waals surface area contributed by atoms with Gasteiger partial charge in [-0.3, -0.25) is 9.59 Å². The average Bonchev–Trinajstić information content (AvgIpc) is 2.55. The molecule has 3 N–H and O–H groups in total. The van der Waals surface area contributed by atoms with Crippen LogP contribution in [0, 0.1) is 0 Å². The number of rotatable bonds is 5. The number of hydrogen-bond acceptors (Lipinski definition) is 4. The molecule has 0 heterocycles. The van der Waals surface area contributed by atoms with Crippen LogP contribution in [0.1, 0.15) is 55.8 Å². The molecule has 0 aromatic heterocycles. The molecule has 0 radical (unpaired) electrons. The van der Waals surface area contributed by atoms with E-state index in [4.69, 9.17) is 11.6 Å². The molecule has 6 nitrogen and oxygen atoms in total. The lowest BCUT2D eigenvalue weighted by molar-refractivity contribution is -0.120. The molecule has 1 aromatic carbocycles. The van der Waals surface area contributed by atoms with Crippen LogP contribution < -0.4 is 10.7 Å². The van der Waals surface area contributed by atoms with Crippen LogP contribution in [0.2, 0.25) is 5.02 Å². The first-order chi connectivity index (χ1) is 11.5. The first-order valence-electron chi connectivity index (χ1n) is 8.07. The molecule has 7 heteroatoms. The molecule has 2 amide bonds. The minimum atomic E-state index is -0.581. The van der Waals surface area contributed by atoms with E-state index in [0.717, 1.165) is 25.7 Å². The Balaban J connectivity index is 1.85. The molecule has 130 valence electrons. The SMILES string of the molecule is C/C(CC(=O)NC1CCCCC1)=N\NC(=O)c1cc(Cl)ccc1O. The molecule has 0 atom stereocenters. The predicted octanol–water partition coefficient (Wildman–Crippen LogP) is 2.99. The van der Waals surface area contributed by atoms with Crippen molar-refractivity contribution in [1.82, 2.24) is 10.7 Å². The molecule has 24 heavy (non-hydrogen) atoms. The summed E-state index contributed by atoms with van der Waals surface area (Å²) in [6, 6.07) is 4.42. The monoisotopic (exact) mass is 351 g/mol. The van der Waals surface area contributed by atoms with Crippen LogP contribution >= 0.6 is 11.6 Å². The molecule has 0 saturated heterocycles. The van der Waals surface area contributed by atoms with Crippen molar-refractivity contribution in [3.8, 4) is 5.75 Å². The van der Waals surface area contributed by atoms with E-state index in [1.165, 1.54) is 24.6 Å². The predicted molar refractivity (Wildman–Crippen MR) is 93.3 cm³/mol. The fourth-order valence-corrected chi connectivity index (χ4v) is 2.87.